The van der Waals surface area contributed by atoms with Crippen molar-refractivity contribution in [3.05, 3.63) is 26.9 Å². The minimum Gasteiger partial charge on any atom is -0.342 e. The van der Waals surface area contributed by atoms with Crippen molar-refractivity contribution < 1.29 is 4.79 Å². The smallest absolute Gasteiger partial charge is 0.246 e. The predicted molar refractivity (Wildman–Crippen MR) is 85.3 cm³/mol. The van der Waals surface area contributed by atoms with Crippen LogP contribution in [0.1, 0.15) is 37.0 Å². The molecule has 1 aliphatic carbocycles. The number of nitrogens with zero attached hydrogens (tertiary/aromatic N) is 1. The summed E-state index contributed by atoms with van der Waals surface area (Å²) in [6.45, 7) is 0.900. The number of carbonyl (C=O) groups excluding carboxylic acids is 1. The van der Waals surface area contributed by atoms with Gasteiger partial charge in [0.25, 0.3) is 0 Å². The molecule has 0 unspecified atom stereocenters. The van der Waals surface area contributed by atoms with E-state index in [1.165, 1.54) is 32.1 Å². The Morgan fingerprint density at radius 1 is 1.42 bits per heavy atom. The van der Waals surface area contributed by atoms with Gasteiger partial charge in [-0.25, -0.2) is 0 Å². The van der Waals surface area contributed by atoms with E-state index in [-0.39, 0.29) is 5.91 Å². The Labute approximate surface area is 127 Å². The second kappa shape index (κ2) is 7.25. The molecule has 0 atom stereocenters. The fourth-order valence-corrected chi connectivity index (χ4v) is 3.87. The first kappa shape index (κ1) is 14.8. The number of hydrogen-bond acceptors (Lipinski definition) is 2. The van der Waals surface area contributed by atoms with Crippen LogP contribution in [0.4, 0.5) is 0 Å². The summed E-state index contributed by atoms with van der Waals surface area (Å²) in [6, 6.07) is 4.01. The van der Waals surface area contributed by atoms with Crippen molar-refractivity contribution >= 4 is 39.2 Å². The van der Waals surface area contributed by atoms with E-state index < -0.39 is 0 Å². The highest BCUT2D eigenvalue weighted by Gasteiger charge is 2.16. The number of thiophene rings is 1. The molecule has 1 heterocycles. The van der Waals surface area contributed by atoms with Crippen LogP contribution in [-0.4, -0.2) is 24.4 Å². The molecule has 0 bridgehead atoms. The van der Waals surface area contributed by atoms with Crippen molar-refractivity contribution in [3.8, 4) is 0 Å². The largest absolute Gasteiger partial charge is 0.342 e. The number of amides is 1. The van der Waals surface area contributed by atoms with Gasteiger partial charge in [0, 0.05) is 24.5 Å². The Kier molecular flexibility index (Phi) is 5.64. The average Bonchev–Trinajstić information content (AvgIpc) is 2.83. The van der Waals surface area contributed by atoms with Crippen LogP contribution in [0.2, 0.25) is 0 Å². The summed E-state index contributed by atoms with van der Waals surface area (Å²) in [5.74, 6) is 0.807. The fraction of sp³-hybridized carbons (Fsp3) is 0.533. The zero-order chi connectivity index (χ0) is 13.7. The molecule has 19 heavy (non-hydrogen) atoms. The van der Waals surface area contributed by atoms with Gasteiger partial charge in [0.1, 0.15) is 0 Å². The van der Waals surface area contributed by atoms with Crippen molar-refractivity contribution in [2.24, 2.45) is 5.92 Å². The van der Waals surface area contributed by atoms with E-state index in [1.54, 1.807) is 17.4 Å². The van der Waals surface area contributed by atoms with Gasteiger partial charge in [-0.15, -0.1) is 11.3 Å². The van der Waals surface area contributed by atoms with Crippen molar-refractivity contribution in [1.82, 2.24) is 4.90 Å². The van der Waals surface area contributed by atoms with Gasteiger partial charge in [-0.2, -0.15) is 0 Å². The third kappa shape index (κ3) is 4.77. The zero-order valence-electron chi connectivity index (χ0n) is 11.3. The normalized spacial score (nSPS) is 16.9. The lowest BCUT2D eigenvalue weighted by Crippen LogP contribution is -2.31. The highest BCUT2D eigenvalue weighted by Crippen LogP contribution is 2.25. The van der Waals surface area contributed by atoms with Gasteiger partial charge in [0.05, 0.1) is 3.79 Å². The summed E-state index contributed by atoms with van der Waals surface area (Å²) in [7, 11) is 1.91. The molecule has 4 heteroatoms. The monoisotopic (exact) mass is 341 g/mol. The molecule has 0 saturated heterocycles. The Balaban J connectivity index is 1.83. The van der Waals surface area contributed by atoms with Crippen LogP contribution >= 0.6 is 27.3 Å². The first-order chi connectivity index (χ1) is 9.15. The second-order valence-electron chi connectivity index (χ2n) is 5.20. The van der Waals surface area contributed by atoms with Gasteiger partial charge < -0.3 is 4.90 Å². The SMILES string of the molecule is CN(CC1CCCCC1)C(=O)/C=C/c1ccc(Br)s1. The molecule has 1 amide bonds. The molecule has 2 rings (SSSR count). The summed E-state index contributed by atoms with van der Waals surface area (Å²) in [6.07, 6.45) is 10.1. The minimum atomic E-state index is 0.107. The maximum absolute atomic E-state index is 12.0. The van der Waals surface area contributed by atoms with Gasteiger partial charge in [0.2, 0.25) is 5.91 Å². The van der Waals surface area contributed by atoms with Crippen LogP contribution < -0.4 is 0 Å². The highest BCUT2D eigenvalue weighted by atomic mass is 79.9. The van der Waals surface area contributed by atoms with Crippen molar-refractivity contribution in [3.63, 3.8) is 0 Å². The molecule has 1 aromatic rings. The Hall–Kier alpha value is -0.610. The molecule has 1 saturated carbocycles. The second-order valence-corrected chi connectivity index (χ2v) is 7.69. The molecule has 1 aromatic heterocycles. The lowest BCUT2D eigenvalue weighted by molar-refractivity contribution is -0.125. The molecule has 1 fully saturated rings. The van der Waals surface area contributed by atoms with Crippen LogP contribution in [0, 0.1) is 5.92 Å². The molecule has 0 aromatic carbocycles. The molecule has 0 aliphatic heterocycles. The van der Waals surface area contributed by atoms with E-state index >= 15 is 0 Å². The van der Waals surface area contributed by atoms with Gasteiger partial charge in [0.15, 0.2) is 0 Å². The molecule has 0 radical (unpaired) electrons. The first-order valence-electron chi connectivity index (χ1n) is 6.83. The van der Waals surface area contributed by atoms with Gasteiger partial charge in [-0.1, -0.05) is 19.3 Å². The van der Waals surface area contributed by atoms with Crippen LogP contribution in [-0.2, 0) is 4.79 Å². The van der Waals surface area contributed by atoms with E-state index in [4.69, 9.17) is 0 Å². The van der Waals surface area contributed by atoms with Crippen LogP contribution in [0.15, 0.2) is 22.0 Å². The average molecular weight is 342 g/mol. The van der Waals surface area contributed by atoms with Crippen LogP contribution in [0.3, 0.4) is 0 Å². The molecular formula is C15H20BrNOS. The summed E-state index contributed by atoms with van der Waals surface area (Å²) >= 11 is 5.06. The molecule has 2 nitrogen and oxygen atoms in total. The number of hydrogen-bond donors (Lipinski definition) is 0. The Bertz CT molecular complexity index is 449. The van der Waals surface area contributed by atoms with Crippen molar-refractivity contribution in [2.75, 3.05) is 13.6 Å². The first-order valence-corrected chi connectivity index (χ1v) is 8.44. The predicted octanol–water partition coefficient (Wildman–Crippen LogP) is 4.56. The number of rotatable bonds is 4. The zero-order valence-corrected chi connectivity index (χ0v) is 13.7. The summed E-state index contributed by atoms with van der Waals surface area (Å²) in [5.41, 5.74) is 0. The quantitative estimate of drug-likeness (QED) is 0.735. The van der Waals surface area contributed by atoms with E-state index in [0.29, 0.717) is 5.92 Å². The summed E-state index contributed by atoms with van der Waals surface area (Å²) in [5, 5.41) is 0. The molecular weight excluding hydrogens is 322 g/mol. The minimum absolute atomic E-state index is 0.107. The third-order valence-electron chi connectivity index (χ3n) is 3.62. The van der Waals surface area contributed by atoms with Crippen LogP contribution in [0.25, 0.3) is 6.08 Å². The van der Waals surface area contributed by atoms with Gasteiger partial charge in [-0.05, 0) is 52.9 Å². The van der Waals surface area contributed by atoms with Crippen molar-refractivity contribution in [1.29, 1.82) is 0 Å². The van der Waals surface area contributed by atoms with Crippen molar-refractivity contribution in [2.45, 2.75) is 32.1 Å². The number of carbonyl (C=O) groups is 1. The molecule has 0 spiro atoms. The fourth-order valence-electron chi connectivity index (χ4n) is 2.55. The standard InChI is InChI=1S/C15H20BrNOS/c1-17(11-12-5-3-2-4-6-12)15(18)10-8-13-7-9-14(16)19-13/h7-10,12H,2-6,11H2,1H3/b10-8+. The van der Waals surface area contributed by atoms with Gasteiger partial charge >= 0.3 is 0 Å². The van der Waals surface area contributed by atoms with E-state index in [9.17, 15) is 4.79 Å². The Morgan fingerprint density at radius 3 is 2.79 bits per heavy atom. The Morgan fingerprint density at radius 2 is 2.16 bits per heavy atom. The molecule has 0 N–H and O–H groups in total. The van der Waals surface area contributed by atoms with E-state index in [2.05, 4.69) is 15.9 Å². The summed E-state index contributed by atoms with van der Waals surface area (Å²) in [4.78, 5) is 15.0. The maximum Gasteiger partial charge on any atom is 0.246 e. The van der Waals surface area contributed by atoms with Crippen LogP contribution in [0.5, 0.6) is 0 Å². The van der Waals surface area contributed by atoms with E-state index in [0.717, 1.165) is 15.2 Å². The molecule has 104 valence electrons. The molecule has 1 aliphatic rings. The highest BCUT2D eigenvalue weighted by molar-refractivity contribution is 9.11. The summed E-state index contributed by atoms with van der Waals surface area (Å²) < 4.78 is 1.09. The lowest BCUT2D eigenvalue weighted by atomic mass is 9.89. The van der Waals surface area contributed by atoms with E-state index in [1.807, 2.05) is 30.2 Å². The maximum atomic E-state index is 12.0. The number of halogens is 1. The third-order valence-corrected chi connectivity index (χ3v) is 5.21. The lowest BCUT2D eigenvalue weighted by Gasteiger charge is -2.26. The van der Waals surface area contributed by atoms with Gasteiger partial charge in [-0.3, -0.25) is 4.79 Å². The number of likely N-dealkylation sites (N-methyl/N-ethyl adjacent to an activating group) is 1. The topological polar surface area (TPSA) is 20.3 Å².